The zero-order chi connectivity index (χ0) is 24.4. The zero-order valence-corrected chi connectivity index (χ0v) is 22.5. The molecule has 5 aliphatic rings. The van der Waals surface area contributed by atoms with Crippen LogP contribution in [0, 0.1) is 56.7 Å². The lowest BCUT2D eigenvalue weighted by Crippen LogP contribution is -2.66. The Bertz CT molecular complexity index is 845. The highest BCUT2D eigenvalue weighted by Gasteiger charge is 2.70. The first-order valence-corrected chi connectivity index (χ1v) is 13.9. The Morgan fingerprint density at radius 1 is 0.818 bits per heavy atom. The van der Waals surface area contributed by atoms with E-state index < -0.39 is 0 Å². The Balaban J connectivity index is 1.61. The quantitative estimate of drug-likeness (QED) is 0.425. The second-order valence-electron chi connectivity index (χ2n) is 14.9. The van der Waals surface area contributed by atoms with Crippen LogP contribution in [0.25, 0.3) is 0 Å². The Hall–Kier alpha value is -0.380. The van der Waals surface area contributed by atoms with E-state index >= 15 is 0 Å². The summed E-state index contributed by atoms with van der Waals surface area (Å²) in [7, 11) is 0. The van der Waals surface area contributed by atoms with Crippen LogP contribution in [0.1, 0.15) is 100 Å². The molecule has 3 heteroatoms. The van der Waals surface area contributed by atoms with Gasteiger partial charge in [-0.25, -0.2) is 0 Å². The standard InChI is InChI=1S/C30H50O3/c1-17(2)18-15-19(31)25-27(18,5)12-9-21-29(25,7)13-10-20-28(6)14-11-23(32)26(3,4)22(28)16-24(33)30(20,21)8/h10,17-19,21-25,31-33H,9,11-16H2,1-8H3/t18-,19+,21+,22-,23-,24-,25-,27-,28+,29-,30+/m0/s1. The van der Waals surface area contributed by atoms with Crippen LogP contribution in [0.15, 0.2) is 11.6 Å². The number of aliphatic hydroxyl groups excluding tert-OH is 3. The molecule has 3 N–H and O–H groups in total. The number of rotatable bonds is 1. The van der Waals surface area contributed by atoms with Gasteiger partial charge in [-0.05, 0) is 96.2 Å². The van der Waals surface area contributed by atoms with Crippen LogP contribution in [-0.2, 0) is 0 Å². The van der Waals surface area contributed by atoms with Crippen molar-refractivity contribution in [3.8, 4) is 0 Å². The molecule has 0 heterocycles. The number of aliphatic hydroxyl groups is 3. The molecule has 0 spiro atoms. The first kappa shape index (κ1) is 24.3. The van der Waals surface area contributed by atoms with Gasteiger partial charge >= 0.3 is 0 Å². The molecule has 4 saturated carbocycles. The van der Waals surface area contributed by atoms with E-state index in [1.165, 1.54) is 5.57 Å². The minimum absolute atomic E-state index is 0.0161. The molecule has 4 fully saturated rings. The largest absolute Gasteiger partial charge is 0.393 e. The van der Waals surface area contributed by atoms with E-state index in [4.69, 9.17) is 0 Å². The predicted molar refractivity (Wildman–Crippen MR) is 133 cm³/mol. The molecule has 0 saturated heterocycles. The maximum Gasteiger partial charge on any atom is 0.0637 e. The number of hydrogen-bond acceptors (Lipinski definition) is 3. The minimum atomic E-state index is -0.389. The molecule has 5 aliphatic carbocycles. The van der Waals surface area contributed by atoms with Crippen molar-refractivity contribution in [2.45, 2.75) is 119 Å². The van der Waals surface area contributed by atoms with Crippen molar-refractivity contribution in [3.63, 3.8) is 0 Å². The molecule has 0 radical (unpaired) electrons. The third-order valence-corrected chi connectivity index (χ3v) is 13.0. The molecule has 0 aliphatic heterocycles. The molecule has 3 nitrogen and oxygen atoms in total. The summed E-state index contributed by atoms with van der Waals surface area (Å²) >= 11 is 0. The van der Waals surface area contributed by atoms with Gasteiger partial charge in [-0.2, -0.15) is 0 Å². The number of allylic oxidation sites excluding steroid dienone is 1. The Morgan fingerprint density at radius 2 is 1.48 bits per heavy atom. The van der Waals surface area contributed by atoms with Gasteiger partial charge in [0.15, 0.2) is 0 Å². The van der Waals surface area contributed by atoms with Gasteiger partial charge in [0.05, 0.1) is 18.3 Å². The van der Waals surface area contributed by atoms with E-state index in [2.05, 4.69) is 61.5 Å². The molecule has 33 heavy (non-hydrogen) atoms. The Morgan fingerprint density at radius 3 is 2.12 bits per heavy atom. The molecule has 0 amide bonds. The predicted octanol–water partition coefficient (Wildman–Crippen LogP) is 5.97. The summed E-state index contributed by atoms with van der Waals surface area (Å²) in [6.07, 6.45) is 8.52. The highest BCUT2D eigenvalue weighted by atomic mass is 16.3. The van der Waals surface area contributed by atoms with Crippen LogP contribution in [0.5, 0.6) is 0 Å². The van der Waals surface area contributed by atoms with Gasteiger partial charge < -0.3 is 15.3 Å². The summed E-state index contributed by atoms with van der Waals surface area (Å²) < 4.78 is 0. The summed E-state index contributed by atoms with van der Waals surface area (Å²) in [5.41, 5.74) is 1.29. The van der Waals surface area contributed by atoms with Gasteiger partial charge in [-0.1, -0.05) is 67.0 Å². The molecule has 0 bridgehead atoms. The first-order chi connectivity index (χ1) is 15.1. The fourth-order valence-corrected chi connectivity index (χ4v) is 11.5. The molecule has 0 aromatic rings. The van der Waals surface area contributed by atoms with E-state index in [1.807, 2.05) is 0 Å². The van der Waals surface area contributed by atoms with Crippen LogP contribution >= 0.6 is 0 Å². The SMILES string of the molecule is CC(C)[C@@H]1C[C@@H](O)[C@@H]2[C@@]3(C)CC=C4[C@](C)([C@@H]3CC[C@]21C)[C@@H](O)C[C@H]1C(C)(C)[C@@H](O)CC[C@]41C. The van der Waals surface area contributed by atoms with Crippen molar-refractivity contribution in [1.29, 1.82) is 0 Å². The molecule has 188 valence electrons. The van der Waals surface area contributed by atoms with Crippen LogP contribution < -0.4 is 0 Å². The molecule has 0 aromatic carbocycles. The van der Waals surface area contributed by atoms with Gasteiger partial charge in [-0.3, -0.25) is 0 Å². The van der Waals surface area contributed by atoms with Crippen molar-refractivity contribution in [2.75, 3.05) is 0 Å². The molecule has 11 atom stereocenters. The van der Waals surface area contributed by atoms with Crippen molar-refractivity contribution in [1.82, 2.24) is 0 Å². The van der Waals surface area contributed by atoms with Crippen LogP contribution in [-0.4, -0.2) is 33.6 Å². The zero-order valence-electron chi connectivity index (χ0n) is 22.5. The van der Waals surface area contributed by atoms with Crippen molar-refractivity contribution in [2.24, 2.45) is 56.7 Å². The van der Waals surface area contributed by atoms with Crippen LogP contribution in [0.4, 0.5) is 0 Å². The van der Waals surface area contributed by atoms with Crippen LogP contribution in [0.3, 0.4) is 0 Å². The van der Waals surface area contributed by atoms with Gasteiger partial charge in [0, 0.05) is 5.41 Å². The maximum absolute atomic E-state index is 11.9. The summed E-state index contributed by atoms with van der Waals surface area (Å²) in [5, 5.41) is 34.3. The number of fused-ring (bicyclic) bond motifs is 7. The Kier molecular flexibility index (Phi) is 5.23. The lowest BCUT2D eigenvalue weighted by atomic mass is 9.35. The summed E-state index contributed by atoms with van der Waals surface area (Å²) in [5.74, 6) is 2.16. The lowest BCUT2D eigenvalue weighted by molar-refractivity contribution is -0.195. The second kappa shape index (κ2) is 7.10. The third kappa shape index (κ3) is 2.80. The Labute approximate surface area is 202 Å². The van der Waals surface area contributed by atoms with Gasteiger partial charge in [0.1, 0.15) is 0 Å². The monoisotopic (exact) mass is 458 g/mol. The van der Waals surface area contributed by atoms with E-state index in [-0.39, 0.29) is 45.4 Å². The van der Waals surface area contributed by atoms with Crippen molar-refractivity contribution >= 4 is 0 Å². The van der Waals surface area contributed by atoms with E-state index in [9.17, 15) is 15.3 Å². The average molecular weight is 459 g/mol. The molecule has 0 unspecified atom stereocenters. The fourth-order valence-electron chi connectivity index (χ4n) is 11.5. The van der Waals surface area contributed by atoms with E-state index in [1.54, 1.807) is 0 Å². The fraction of sp³-hybridized carbons (Fsp3) is 0.933. The van der Waals surface area contributed by atoms with E-state index in [0.717, 1.165) is 44.9 Å². The summed E-state index contributed by atoms with van der Waals surface area (Å²) in [4.78, 5) is 0. The summed E-state index contributed by atoms with van der Waals surface area (Å²) in [6.45, 7) is 18.9. The maximum atomic E-state index is 11.9. The van der Waals surface area contributed by atoms with E-state index in [0.29, 0.717) is 29.6 Å². The lowest BCUT2D eigenvalue weighted by Gasteiger charge is -2.69. The first-order valence-electron chi connectivity index (χ1n) is 13.9. The van der Waals surface area contributed by atoms with Gasteiger partial charge in [0.2, 0.25) is 0 Å². The topological polar surface area (TPSA) is 60.7 Å². The van der Waals surface area contributed by atoms with Crippen LogP contribution in [0.2, 0.25) is 0 Å². The summed E-state index contributed by atoms with van der Waals surface area (Å²) in [6, 6.07) is 0. The molecule has 5 rings (SSSR count). The van der Waals surface area contributed by atoms with Gasteiger partial charge in [-0.15, -0.1) is 0 Å². The minimum Gasteiger partial charge on any atom is -0.393 e. The smallest absolute Gasteiger partial charge is 0.0637 e. The normalized spacial score (nSPS) is 57.6. The highest BCUT2D eigenvalue weighted by molar-refractivity contribution is 5.37. The highest BCUT2D eigenvalue weighted by Crippen LogP contribution is 2.75. The molecular weight excluding hydrogens is 408 g/mol. The second-order valence-corrected chi connectivity index (χ2v) is 14.9. The third-order valence-electron chi connectivity index (χ3n) is 13.0. The number of hydrogen-bond donors (Lipinski definition) is 3. The molecular formula is C30H50O3. The van der Waals surface area contributed by atoms with Crippen molar-refractivity contribution < 1.29 is 15.3 Å². The van der Waals surface area contributed by atoms with Crippen molar-refractivity contribution in [3.05, 3.63) is 11.6 Å². The van der Waals surface area contributed by atoms with Gasteiger partial charge in [0.25, 0.3) is 0 Å². The molecule has 0 aromatic heterocycles. The average Bonchev–Trinajstić information content (AvgIpc) is 2.99.